The summed E-state index contributed by atoms with van der Waals surface area (Å²) in [6, 6.07) is 14.3. The van der Waals surface area contributed by atoms with Gasteiger partial charge in [0.1, 0.15) is 12.4 Å². The second-order valence-corrected chi connectivity index (χ2v) is 16.0. The van der Waals surface area contributed by atoms with Crippen LogP contribution in [-0.4, -0.2) is 27.3 Å². The van der Waals surface area contributed by atoms with Gasteiger partial charge in [-0.05, 0) is 62.2 Å². The first-order valence-electron chi connectivity index (χ1n) is 12.3. The van der Waals surface area contributed by atoms with Gasteiger partial charge in [-0.1, -0.05) is 71.9 Å². The zero-order valence-corrected chi connectivity index (χ0v) is 24.1. The van der Waals surface area contributed by atoms with Crippen LogP contribution in [0.3, 0.4) is 0 Å². The van der Waals surface area contributed by atoms with Crippen LogP contribution in [0.15, 0.2) is 46.9 Å². The van der Waals surface area contributed by atoms with Crippen LogP contribution in [0.4, 0.5) is 0 Å². The van der Waals surface area contributed by atoms with Crippen molar-refractivity contribution in [3.05, 3.63) is 58.1 Å². The Balaban J connectivity index is 2.40. The number of halogens is 1. The van der Waals surface area contributed by atoms with Crippen molar-refractivity contribution < 1.29 is 14.0 Å². The number of hydrogen-bond acceptors (Lipinski definition) is 4. The molecule has 1 amide bonds. The van der Waals surface area contributed by atoms with Crippen molar-refractivity contribution in [3.8, 4) is 11.5 Å². The largest absolute Gasteiger partial charge is 0.540 e. The lowest BCUT2D eigenvalue weighted by Crippen LogP contribution is -2.50. The third-order valence-corrected chi connectivity index (χ3v) is 13.0. The van der Waals surface area contributed by atoms with Gasteiger partial charge >= 0.3 is 0 Å². The van der Waals surface area contributed by atoms with Crippen molar-refractivity contribution in [2.24, 2.45) is 5.73 Å². The predicted octanol–water partition coefficient (Wildman–Crippen LogP) is 6.59. The van der Waals surface area contributed by atoms with E-state index in [-0.39, 0.29) is 5.91 Å². The third kappa shape index (κ3) is 7.33. The highest BCUT2D eigenvalue weighted by Gasteiger charge is 2.47. The highest BCUT2D eigenvalue weighted by atomic mass is 79.9. The van der Waals surface area contributed by atoms with Gasteiger partial charge in [0.25, 0.3) is 8.32 Å². The van der Waals surface area contributed by atoms with Crippen molar-refractivity contribution in [2.45, 2.75) is 77.6 Å². The molecule has 0 heterocycles. The number of benzene rings is 2. The first-order valence-corrected chi connectivity index (χ1v) is 15.2. The molecule has 3 N–H and O–H groups in total. The Morgan fingerprint density at radius 1 is 1.00 bits per heavy atom. The predicted molar refractivity (Wildman–Crippen MR) is 147 cm³/mol. The number of carbonyl (C=O) groups is 1. The molecular formula is C27H41BrN2O3Si. The highest BCUT2D eigenvalue weighted by molar-refractivity contribution is 9.10. The molecule has 0 radical (unpaired) electrons. The maximum Gasteiger partial charge on any atom is 0.258 e. The summed E-state index contributed by atoms with van der Waals surface area (Å²) < 4.78 is 14.3. The van der Waals surface area contributed by atoms with E-state index in [1.165, 1.54) is 0 Å². The van der Waals surface area contributed by atoms with Crippen LogP contribution in [0.5, 0.6) is 11.5 Å². The first kappa shape index (κ1) is 28.4. The van der Waals surface area contributed by atoms with E-state index in [0.29, 0.717) is 49.2 Å². The average molecular weight is 550 g/mol. The summed E-state index contributed by atoms with van der Waals surface area (Å²) in [5, 5.41) is 2.94. The van der Waals surface area contributed by atoms with Gasteiger partial charge in [0.2, 0.25) is 5.91 Å². The Morgan fingerprint density at radius 2 is 1.62 bits per heavy atom. The summed E-state index contributed by atoms with van der Waals surface area (Å²) in [5.74, 6) is 1.50. The lowest BCUT2D eigenvalue weighted by Gasteiger charge is -2.42. The molecule has 0 atom stereocenters. The molecule has 7 heteroatoms. The Hall–Kier alpha value is -1.83. The van der Waals surface area contributed by atoms with E-state index in [4.69, 9.17) is 14.9 Å². The van der Waals surface area contributed by atoms with E-state index in [1.807, 2.05) is 18.2 Å². The minimum absolute atomic E-state index is 0.0216. The van der Waals surface area contributed by atoms with Gasteiger partial charge in [0, 0.05) is 19.5 Å². The molecule has 188 valence electrons. The molecule has 0 bridgehead atoms. The lowest BCUT2D eigenvalue weighted by atomic mass is 10.1. The van der Waals surface area contributed by atoms with Crippen molar-refractivity contribution in [1.82, 2.24) is 5.32 Å². The summed E-state index contributed by atoms with van der Waals surface area (Å²) in [6.45, 7) is 15.1. The van der Waals surface area contributed by atoms with Crippen molar-refractivity contribution in [3.63, 3.8) is 0 Å². The highest BCUT2D eigenvalue weighted by Crippen LogP contribution is 2.47. The molecule has 34 heavy (non-hydrogen) atoms. The topological polar surface area (TPSA) is 73.6 Å². The van der Waals surface area contributed by atoms with E-state index in [2.05, 4.69) is 87.1 Å². The maximum absolute atomic E-state index is 11.8. The van der Waals surface area contributed by atoms with Crippen LogP contribution < -0.4 is 20.2 Å². The fourth-order valence-electron chi connectivity index (χ4n) is 4.82. The van der Waals surface area contributed by atoms with Gasteiger partial charge < -0.3 is 20.2 Å². The average Bonchev–Trinajstić information content (AvgIpc) is 2.77. The van der Waals surface area contributed by atoms with Crippen LogP contribution in [0.1, 0.15) is 59.1 Å². The van der Waals surface area contributed by atoms with Gasteiger partial charge in [0.05, 0.1) is 4.47 Å². The van der Waals surface area contributed by atoms with Crippen molar-refractivity contribution in [1.29, 1.82) is 0 Å². The van der Waals surface area contributed by atoms with Gasteiger partial charge in [-0.25, -0.2) is 0 Å². The van der Waals surface area contributed by atoms with Crippen molar-refractivity contribution >= 4 is 30.2 Å². The smallest absolute Gasteiger partial charge is 0.258 e. The molecule has 0 unspecified atom stereocenters. The SMILES string of the molecule is CC(C)[Si](Oc1cc(CCNC(=O)CCN)cc(Br)c1OCc1ccccc1)(C(C)C)C(C)C. The molecule has 0 aliphatic carbocycles. The fraction of sp³-hybridized carbons (Fsp3) is 0.519. The molecule has 2 aromatic carbocycles. The molecule has 2 aromatic rings. The second-order valence-electron chi connectivity index (χ2n) is 9.74. The lowest BCUT2D eigenvalue weighted by molar-refractivity contribution is -0.120. The van der Waals surface area contributed by atoms with Gasteiger partial charge in [0.15, 0.2) is 5.75 Å². The summed E-state index contributed by atoms with van der Waals surface area (Å²) >= 11 is 3.74. The molecule has 0 spiro atoms. The first-order chi connectivity index (χ1) is 16.1. The van der Waals surface area contributed by atoms with Gasteiger partial charge in [-0.15, -0.1) is 0 Å². The normalized spacial score (nSPS) is 11.9. The second kappa shape index (κ2) is 13.3. The zero-order chi connectivity index (χ0) is 25.3. The van der Waals surface area contributed by atoms with E-state index in [1.54, 1.807) is 0 Å². The van der Waals surface area contributed by atoms with Crippen LogP contribution in [-0.2, 0) is 17.8 Å². The Morgan fingerprint density at radius 3 is 2.18 bits per heavy atom. The molecule has 0 fully saturated rings. The number of nitrogens with one attached hydrogen (secondary N) is 1. The standard InChI is InChI=1S/C27H41BrN2O3Si/c1-19(2)34(20(3)4,21(5)6)33-25-17-23(13-15-30-26(31)12-14-29)16-24(28)27(25)32-18-22-10-8-7-9-11-22/h7-11,16-17,19-21H,12-15,18,29H2,1-6H3,(H,30,31). The molecule has 0 saturated carbocycles. The Bertz CT molecular complexity index is 898. The van der Waals surface area contributed by atoms with Crippen molar-refractivity contribution in [2.75, 3.05) is 13.1 Å². The minimum atomic E-state index is -2.20. The molecule has 0 aliphatic rings. The Kier molecular flexibility index (Phi) is 11.1. The quantitative estimate of drug-likeness (QED) is 0.277. The van der Waals surface area contributed by atoms with Crippen LogP contribution in [0.25, 0.3) is 0 Å². The van der Waals surface area contributed by atoms with E-state index in [9.17, 15) is 4.79 Å². The fourth-order valence-corrected chi connectivity index (χ4v) is 10.7. The zero-order valence-electron chi connectivity index (χ0n) is 21.5. The van der Waals surface area contributed by atoms with E-state index < -0.39 is 8.32 Å². The molecule has 5 nitrogen and oxygen atoms in total. The maximum atomic E-state index is 11.8. The van der Waals surface area contributed by atoms with E-state index >= 15 is 0 Å². The molecule has 0 aliphatic heterocycles. The number of carbonyl (C=O) groups excluding carboxylic acids is 1. The third-order valence-electron chi connectivity index (χ3n) is 6.40. The number of nitrogens with two attached hydrogens (primary N) is 1. The molecule has 0 saturated heterocycles. The summed E-state index contributed by atoms with van der Waals surface area (Å²) in [7, 11) is -2.20. The van der Waals surface area contributed by atoms with Crippen LogP contribution in [0, 0.1) is 0 Å². The summed E-state index contributed by atoms with van der Waals surface area (Å²) in [5.41, 5.74) is 8.98. The number of ether oxygens (including phenoxy) is 1. The van der Waals surface area contributed by atoms with Gasteiger partial charge in [-0.2, -0.15) is 0 Å². The van der Waals surface area contributed by atoms with Crippen LogP contribution in [0.2, 0.25) is 16.6 Å². The van der Waals surface area contributed by atoms with Crippen LogP contribution >= 0.6 is 15.9 Å². The monoisotopic (exact) mass is 548 g/mol. The van der Waals surface area contributed by atoms with E-state index in [0.717, 1.165) is 27.1 Å². The summed E-state index contributed by atoms with van der Waals surface area (Å²) in [6.07, 6.45) is 1.04. The minimum Gasteiger partial charge on any atom is -0.540 e. The molecule has 0 aromatic heterocycles. The number of rotatable bonds is 13. The molecular weight excluding hydrogens is 508 g/mol. The molecule has 2 rings (SSSR count). The number of hydrogen-bond donors (Lipinski definition) is 2. The summed E-state index contributed by atoms with van der Waals surface area (Å²) in [4.78, 5) is 11.8. The Labute approximate surface area is 215 Å². The van der Waals surface area contributed by atoms with Gasteiger partial charge in [-0.3, -0.25) is 4.79 Å². The number of amides is 1.